The van der Waals surface area contributed by atoms with Gasteiger partial charge in [-0.2, -0.15) is 0 Å². The Balaban J connectivity index is 1.79. The van der Waals surface area contributed by atoms with Gasteiger partial charge in [-0.3, -0.25) is 14.5 Å². The minimum atomic E-state index is -0.426. The molecule has 4 heteroatoms. The molecule has 1 aromatic rings. The quantitative estimate of drug-likeness (QED) is 0.932. The molecule has 122 valence electrons. The Hall–Kier alpha value is -1.68. The molecule has 1 saturated carbocycles. The van der Waals surface area contributed by atoms with Crippen LogP contribution in [0.4, 0.5) is 0 Å². The summed E-state index contributed by atoms with van der Waals surface area (Å²) >= 11 is 0. The number of fused-ring (bicyclic) bond motifs is 4. The summed E-state index contributed by atoms with van der Waals surface area (Å²) in [5.41, 5.74) is 7.70. The van der Waals surface area contributed by atoms with Crippen molar-refractivity contribution in [3.05, 3.63) is 34.9 Å². The summed E-state index contributed by atoms with van der Waals surface area (Å²) in [5.74, 6) is 0.849. The van der Waals surface area contributed by atoms with Crippen LogP contribution in [0.1, 0.15) is 59.4 Å². The first-order chi connectivity index (χ1) is 10.9. The molecule has 23 heavy (non-hydrogen) atoms. The van der Waals surface area contributed by atoms with Crippen LogP contribution in [0.2, 0.25) is 0 Å². The fourth-order valence-electron chi connectivity index (χ4n) is 4.56. The zero-order chi connectivity index (χ0) is 16.4. The number of likely N-dealkylation sites (tertiary alicyclic amines) is 1. The van der Waals surface area contributed by atoms with Crippen molar-refractivity contribution >= 4 is 11.7 Å². The van der Waals surface area contributed by atoms with E-state index < -0.39 is 5.91 Å². The third kappa shape index (κ3) is 2.15. The number of piperidine rings is 1. The molecule has 0 radical (unpaired) electrons. The van der Waals surface area contributed by atoms with Crippen molar-refractivity contribution in [3.63, 3.8) is 0 Å². The molecule has 3 aliphatic rings. The Labute approximate surface area is 137 Å². The summed E-state index contributed by atoms with van der Waals surface area (Å²) in [6, 6.07) is 5.36. The van der Waals surface area contributed by atoms with Gasteiger partial charge in [-0.25, -0.2) is 0 Å². The second-order valence-corrected chi connectivity index (χ2v) is 7.83. The van der Waals surface area contributed by atoms with Gasteiger partial charge in [-0.1, -0.05) is 19.9 Å². The summed E-state index contributed by atoms with van der Waals surface area (Å²) in [5, 5.41) is 0. The van der Waals surface area contributed by atoms with Crippen molar-refractivity contribution in [2.45, 2.75) is 44.6 Å². The highest BCUT2D eigenvalue weighted by Crippen LogP contribution is 2.49. The average molecular weight is 312 g/mol. The molecule has 3 unspecified atom stereocenters. The van der Waals surface area contributed by atoms with E-state index in [0.717, 1.165) is 36.6 Å². The topological polar surface area (TPSA) is 63.4 Å². The lowest BCUT2D eigenvalue weighted by Gasteiger charge is -2.53. The van der Waals surface area contributed by atoms with Crippen LogP contribution < -0.4 is 5.73 Å². The molecule has 1 amide bonds. The first-order valence-electron chi connectivity index (χ1n) is 8.64. The number of ketones is 1. The Morgan fingerprint density at radius 2 is 2.13 bits per heavy atom. The molecule has 0 aromatic heterocycles. The lowest BCUT2D eigenvalue weighted by molar-refractivity contribution is 0.0265. The van der Waals surface area contributed by atoms with Gasteiger partial charge in [0.2, 0.25) is 5.91 Å². The van der Waals surface area contributed by atoms with Crippen LogP contribution in [0.5, 0.6) is 0 Å². The van der Waals surface area contributed by atoms with Crippen LogP contribution in [0.15, 0.2) is 18.2 Å². The second kappa shape index (κ2) is 4.91. The maximum absolute atomic E-state index is 13.1. The lowest BCUT2D eigenvalue weighted by atomic mass is 9.58. The second-order valence-electron chi connectivity index (χ2n) is 7.83. The Morgan fingerprint density at radius 3 is 2.78 bits per heavy atom. The van der Waals surface area contributed by atoms with Gasteiger partial charge in [0.25, 0.3) is 0 Å². The molecular formula is C19H24N2O2. The van der Waals surface area contributed by atoms with E-state index >= 15 is 0 Å². The number of nitrogens with two attached hydrogens (primary N) is 1. The van der Waals surface area contributed by atoms with Crippen LogP contribution in [0.25, 0.3) is 0 Å². The molecule has 4 nitrogen and oxygen atoms in total. The van der Waals surface area contributed by atoms with Crippen LogP contribution >= 0.6 is 0 Å². The Bertz CT molecular complexity index is 695. The predicted octanol–water partition coefficient (Wildman–Crippen LogP) is 2.36. The van der Waals surface area contributed by atoms with E-state index in [-0.39, 0.29) is 23.2 Å². The minimum Gasteiger partial charge on any atom is -0.366 e. The van der Waals surface area contributed by atoms with Crippen LogP contribution in [0, 0.1) is 11.8 Å². The molecular weight excluding hydrogens is 288 g/mol. The molecule has 2 fully saturated rings. The largest absolute Gasteiger partial charge is 0.366 e. The molecule has 1 heterocycles. The number of hydrogen-bond acceptors (Lipinski definition) is 3. The van der Waals surface area contributed by atoms with Gasteiger partial charge in [0.1, 0.15) is 0 Å². The van der Waals surface area contributed by atoms with Crippen molar-refractivity contribution in [1.82, 2.24) is 4.90 Å². The number of Topliss-reactive ketones (excluding diaryl/α,β-unsaturated/α-hetero) is 1. The molecule has 1 aliphatic heterocycles. The number of hydrogen-bond donors (Lipinski definition) is 1. The van der Waals surface area contributed by atoms with E-state index in [0.29, 0.717) is 5.56 Å². The van der Waals surface area contributed by atoms with Crippen molar-refractivity contribution < 1.29 is 9.59 Å². The van der Waals surface area contributed by atoms with E-state index in [1.807, 2.05) is 12.1 Å². The highest BCUT2D eigenvalue weighted by atomic mass is 16.1. The van der Waals surface area contributed by atoms with Crippen LogP contribution in [0.3, 0.4) is 0 Å². The van der Waals surface area contributed by atoms with Gasteiger partial charge >= 0.3 is 0 Å². The Morgan fingerprint density at radius 1 is 1.39 bits per heavy atom. The van der Waals surface area contributed by atoms with E-state index in [9.17, 15) is 9.59 Å². The molecule has 0 spiro atoms. The molecule has 1 aromatic carbocycles. The maximum atomic E-state index is 13.1. The van der Waals surface area contributed by atoms with Crippen molar-refractivity contribution in [2.24, 2.45) is 17.6 Å². The highest BCUT2D eigenvalue weighted by molar-refractivity contribution is 6.05. The highest BCUT2D eigenvalue weighted by Gasteiger charge is 2.52. The fraction of sp³-hybridized carbons (Fsp3) is 0.579. The zero-order valence-corrected chi connectivity index (χ0v) is 13.8. The van der Waals surface area contributed by atoms with Gasteiger partial charge < -0.3 is 5.73 Å². The first-order valence-corrected chi connectivity index (χ1v) is 8.64. The normalized spacial score (nSPS) is 33.4. The molecule has 2 aliphatic carbocycles. The number of nitrogens with zero attached hydrogens (tertiary/aromatic N) is 1. The van der Waals surface area contributed by atoms with E-state index in [2.05, 4.69) is 18.7 Å². The lowest BCUT2D eigenvalue weighted by Crippen LogP contribution is -2.61. The van der Waals surface area contributed by atoms with Crippen molar-refractivity contribution in [1.29, 1.82) is 0 Å². The van der Waals surface area contributed by atoms with Crippen molar-refractivity contribution in [2.75, 3.05) is 13.1 Å². The van der Waals surface area contributed by atoms with Gasteiger partial charge in [0.15, 0.2) is 5.78 Å². The summed E-state index contributed by atoms with van der Waals surface area (Å²) in [4.78, 5) is 27.1. The monoisotopic (exact) mass is 312 g/mol. The third-order valence-corrected chi connectivity index (χ3v) is 6.43. The molecule has 1 saturated heterocycles. The summed E-state index contributed by atoms with van der Waals surface area (Å²) in [6.45, 7) is 6.47. The molecule has 2 N–H and O–H groups in total. The molecule has 4 rings (SSSR count). The van der Waals surface area contributed by atoms with E-state index in [1.54, 1.807) is 6.07 Å². The maximum Gasteiger partial charge on any atom is 0.248 e. The van der Waals surface area contributed by atoms with E-state index in [1.165, 1.54) is 12.8 Å². The fourth-order valence-corrected chi connectivity index (χ4v) is 4.56. The van der Waals surface area contributed by atoms with Gasteiger partial charge in [-0.15, -0.1) is 0 Å². The SMILES string of the molecule is CC1C2C(=O)c3ccc(C(N)=O)cc3C1(C)CCN2CC1CC1. The Kier molecular flexibility index (Phi) is 3.17. The van der Waals surface area contributed by atoms with Crippen LogP contribution in [-0.2, 0) is 5.41 Å². The zero-order valence-electron chi connectivity index (χ0n) is 13.8. The first kappa shape index (κ1) is 14.9. The number of amides is 1. The number of primary amides is 1. The number of benzene rings is 1. The third-order valence-electron chi connectivity index (χ3n) is 6.43. The van der Waals surface area contributed by atoms with Gasteiger partial charge in [-0.05, 0) is 60.8 Å². The summed E-state index contributed by atoms with van der Waals surface area (Å²) in [6.07, 6.45) is 3.64. The smallest absolute Gasteiger partial charge is 0.248 e. The predicted molar refractivity (Wildman–Crippen MR) is 88.5 cm³/mol. The van der Waals surface area contributed by atoms with E-state index in [4.69, 9.17) is 5.73 Å². The standard InChI is InChI=1S/C19H24N2O2/c1-11-16-17(22)14-6-5-13(18(20)23)9-15(14)19(11,2)7-8-21(16)10-12-3-4-12/h5-6,9,11-12,16H,3-4,7-8,10H2,1-2H3,(H2,20,23). The summed E-state index contributed by atoms with van der Waals surface area (Å²) in [7, 11) is 0. The van der Waals surface area contributed by atoms with Gasteiger partial charge in [0.05, 0.1) is 6.04 Å². The number of rotatable bonds is 3. The van der Waals surface area contributed by atoms with Crippen LogP contribution in [-0.4, -0.2) is 35.7 Å². The van der Waals surface area contributed by atoms with Crippen molar-refractivity contribution in [3.8, 4) is 0 Å². The molecule has 3 atom stereocenters. The number of carbonyl (C=O) groups excluding carboxylic acids is 2. The minimum absolute atomic E-state index is 0.0127. The summed E-state index contributed by atoms with van der Waals surface area (Å²) < 4.78 is 0. The molecule has 2 bridgehead atoms. The van der Waals surface area contributed by atoms with Gasteiger partial charge in [0, 0.05) is 17.7 Å². The number of carbonyl (C=O) groups is 2. The average Bonchev–Trinajstić information content (AvgIpc) is 3.33.